The van der Waals surface area contributed by atoms with Gasteiger partial charge in [0.25, 0.3) is 0 Å². The van der Waals surface area contributed by atoms with Gasteiger partial charge in [-0.05, 0) is 116 Å². The molecule has 0 amide bonds. The van der Waals surface area contributed by atoms with E-state index in [0.717, 1.165) is 31.5 Å². The average molecular weight is 601 g/mol. The SMILES string of the molecule is C=C1/C(=C\C=C2/CCC[C@]3(C)[C@@H]([C@H](C)CCC=O)CC[C@@H]23)C[C@@H](O[Si](C)(C)C(C)(C)C)C[C@@H]1O[Si](C)(C)C(C)(C)C. The average Bonchev–Trinajstić information content (AvgIpc) is 3.19. The first-order valence-electron chi connectivity index (χ1n) is 16.6. The summed E-state index contributed by atoms with van der Waals surface area (Å²) < 4.78 is 14.1. The Labute approximate surface area is 256 Å². The zero-order valence-electron chi connectivity index (χ0n) is 28.9. The monoisotopic (exact) mass is 600 g/mol. The third-order valence-electron chi connectivity index (χ3n) is 12.2. The second kappa shape index (κ2) is 12.7. The molecule has 6 atom stereocenters. The number of fused-ring (bicyclic) bond motifs is 1. The van der Waals surface area contributed by atoms with Crippen LogP contribution in [0.15, 0.2) is 35.5 Å². The third kappa shape index (κ3) is 7.67. The number of hydrogen-bond acceptors (Lipinski definition) is 3. The molecule has 234 valence electrons. The lowest BCUT2D eigenvalue weighted by molar-refractivity contribution is -0.108. The first-order chi connectivity index (χ1) is 18.7. The zero-order valence-corrected chi connectivity index (χ0v) is 30.9. The lowest BCUT2D eigenvalue weighted by Gasteiger charge is -2.46. The molecular weight excluding hydrogens is 537 g/mol. The van der Waals surface area contributed by atoms with Crippen molar-refractivity contribution in [3.05, 3.63) is 35.5 Å². The number of carbonyl (C=O) groups excluding carboxylic acids is 1. The molecule has 0 bridgehead atoms. The highest BCUT2D eigenvalue weighted by atomic mass is 28.4. The van der Waals surface area contributed by atoms with Gasteiger partial charge in [0.1, 0.15) is 6.29 Å². The van der Waals surface area contributed by atoms with Crippen molar-refractivity contribution in [2.45, 2.75) is 162 Å². The molecule has 3 aliphatic rings. The van der Waals surface area contributed by atoms with Crippen molar-refractivity contribution in [1.82, 2.24) is 0 Å². The van der Waals surface area contributed by atoms with Gasteiger partial charge in [-0.15, -0.1) is 0 Å². The first kappa shape index (κ1) is 34.7. The van der Waals surface area contributed by atoms with Gasteiger partial charge in [0, 0.05) is 12.8 Å². The molecule has 3 saturated carbocycles. The molecular formula is C36H64O3Si2. The maximum Gasteiger partial charge on any atom is 0.192 e. The number of rotatable bonds is 9. The Balaban J connectivity index is 1.91. The van der Waals surface area contributed by atoms with E-state index in [1.807, 2.05) is 0 Å². The maximum absolute atomic E-state index is 11.1. The van der Waals surface area contributed by atoms with Gasteiger partial charge in [-0.1, -0.05) is 79.7 Å². The summed E-state index contributed by atoms with van der Waals surface area (Å²) in [5, 5.41) is 0.332. The van der Waals surface area contributed by atoms with E-state index in [1.165, 1.54) is 43.3 Å². The molecule has 3 nitrogen and oxygen atoms in total. The smallest absolute Gasteiger partial charge is 0.192 e. The maximum atomic E-state index is 11.1. The number of carbonyl (C=O) groups is 1. The molecule has 3 rings (SSSR count). The molecule has 41 heavy (non-hydrogen) atoms. The van der Waals surface area contributed by atoms with Crippen LogP contribution in [0.3, 0.4) is 0 Å². The summed E-state index contributed by atoms with van der Waals surface area (Å²) >= 11 is 0. The summed E-state index contributed by atoms with van der Waals surface area (Å²) in [5.74, 6) is 2.00. The van der Waals surface area contributed by atoms with E-state index < -0.39 is 16.6 Å². The quantitative estimate of drug-likeness (QED) is 0.195. The highest BCUT2D eigenvalue weighted by molar-refractivity contribution is 6.74. The Hall–Kier alpha value is -0.756. The van der Waals surface area contributed by atoms with Crippen molar-refractivity contribution in [1.29, 1.82) is 0 Å². The van der Waals surface area contributed by atoms with E-state index >= 15 is 0 Å². The lowest BCUT2D eigenvalue weighted by atomic mass is 9.61. The molecule has 0 saturated heterocycles. The van der Waals surface area contributed by atoms with Crippen molar-refractivity contribution < 1.29 is 13.6 Å². The van der Waals surface area contributed by atoms with Gasteiger partial charge in [0.05, 0.1) is 12.2 Å². The van der Waals surface area contributed by atoms with Gasteiger partial charge in [0.15, 0.2) is 16.6 Å². The molecule has 0 N–H and O–H groups in total. The topological polar surface area (TPSA) is 35.5 Å². The summed E-state index contributed by atoms with van der Waals surface area (Å²) in [6.07, 6.45) is 16.2. The van der Waals surface area contributed by atoms with Crippen LogP contribution in [0.2, 0.25) is 36.3 Å². The minimum Gasteiger partial charge on any atom is -0.413 e. The van der Waals surface area contributed by atoms with Gasteiger partial charge in [-0.25, -0.2) is 0 Å². The van der Waals surface area contributed by atoms with Crippen LogP contribution in [0.1, 0.15) is 113 Å². The van der Waals surface area contributed by atoms with E-state index in [-0.39, 0.29) is 22.3 Å². The van der Waals surface area contributed by atoms with Crippen molar-refractivity contribution in [2.24, 2.45) is 23.2 Å². The van der Waals surface area contributed by atoms with Crippen molar-refractivity contribution >= 4 is 22.9 Å². The standard InChI is InChI=1S/C36H64O3Si2/c1-26(16-15-23-37)31-20-21-32-28(17-14-22-36(31,32)9)18-19-29-24-30(38-40(10,11)34(3,4)5)25-33(27(29)2)39-41(12,13)35(6,7)8/h18-19,23,26,30-33H,2,14-17,20-22,24-25H2,1,3-13H3/b28-18+,29-19-/t26-,30-,31-,32+,33+,36-/m1/s1. The Bertz CT molecular complexity index is 1010. The molecule has 0 heterocycles. The summed E-state index contributed by atoms with van der Waals surface area (Å²) in [6, 6.07) is 0. The fourth-order valence-corrected chi connectivity index (χ4v) is 10.2. The number of aldehydes is 1. The highest BCUT2D eigenvalue weighted by Gasteiger charge is 2.50. The Morgan fingerprint density at radius 2 is 1.61 bits per heavy atom. The molecule has 3 aliphatic carbocycles. The molecule has 0 spiro atoms. The van der Waals surface area contributed by atoms with Crippen LogP contribution in [0, 0.1) is 23.2 Å². The normalized spacial score (nSPS) is 32.8. The Kier molecular flexibility index (Phi) is 10.8. The number of allylic oxidation sites excluding steroid dienone is 3. The van der Waals surface area contributed by atoms with Crippen LogP contribution < -0.4 is 0 Å². The molecule has 5 heteroatoms. The molecule has 0 aromatic heterocycles. The second-order valence-corrected chi connectivity index (χ2v) is 26.6. The molecule has 0 aliphatic heterocycles. The van der Waals surface area contributed by atoms with Crippen molar-refractivity contribution in [2.75, 3.05) is 0 Å². The molecule has 0 aromatic rings. The fraction of sp³-hybridized carbons (Fsp3) is 0.806. The van der Waals surface area contributed by atoms with E-state index in [2.05, 4.69) is 100 Å². The van der Waals surface area contributed by atoms with Crippen LogP contribution in [0.5, 0.6) is 0 Å². The minimum absolute atomic E-state index is 0.0233. The fourth-order valence-electron chi connectivity index (χ4n) is 7.51. The summed E-state index contributed by atoms with van der Waals surface area (Å²) in [7, 11) is -3.89. The van der Waals surface area contributed by atoms with Crippen LogP contribution >= 0.6 is 0 Å². The van der Waals surface area contributed by atoms with Gasteiger partial charge >= 0.3 is 0 Å². The van der Waals surface area contributed by atoms with Crippen molar-refractivity contribution in [3.8, 4) is 0 Å². The van der Waals surface area contributed by atoms with Gasteiger partial charge in [-0.2, -0.15) is 0 Å². The summed E-state index contributed by atoms with van der Waals surface area (Å²) in [6.45, 7) is 33.0. The molecule has 3 fully saturated rings. The molecule has 0 unspecified atom stereocenters. The van der Waals surface area contributed by atoms with Gasteiger partial charge < -0.3 is 13.6 Å². The first-order valence-corrected chi connectivity index (χ1v) is 22.4. The van der Waals surface area contributed by atoms with Crippen LogP contribution in [-0.2, 0) is 13.6 Å². The van der Waals surface area contributed by atoms with Crippen LogP contribution in [0.4, 0.5) is 0 Å². The second-order valence-electron chi connectivity index (χ2n) is 17.1. The summed E-state index contributed by atoms with van der Waals surface area (Å²) in [5.41, 5.74) is 4.50. The molecule has 0 aromatic carbocycles. The van der Waals surface area contributed by atoms with Crippen LogP contribution in [-0.4, -0.2) is 35.1 Å². The molecule has 0 radical (unpaired) electrons. The van der Waals surface area contributed by atoms with Gasteiger partial charge in [-0.3, -0.25) is 0 Å². The van der Waals surface area contributed by atoms with Crippen LogP contribution in [0.25, 0.3) is 0 Å². The van der Waals surface area contributed by atoms with E-state index in [1.54, 1.807) is 5.57 Å². The minimum atomic E-state index is -1.97. The summed E-state index contributed by atoms with van der Waals surface area (Å²) in [4.78, 5) is 11.1. The van der Waals surface area contributed by atoms with E-state index in [0.29, 0.717) is 23.7 Å². The largest absolute Gasteiger partial charge is 0.413 e. The van der Waals surface area contributed by atoms with Gasteiger partial charge in [0.2, 0.25) is 0 Å². The highest BCUT2D eigenvalue weighted by Crippen LogP contribution is 2.60. The Morgan fingerprint density at radius 3 is 2.20 bits per heavy atom. The van der Waals surface area contributed by atoms with Crippen molar-refractivity contribution in [3.63, 3.8) is 0 Å². The Morgan fingerprint density at radius 1 is 1.00 bits per heavy atom. The third-order valence-corrected chi connectivity index (χ3v) is 21.2. The zero-order chi connectivity index (χ0) is 31.0. The predicted molar refractivity (Wildman–Crippen MR) is 181 cm³/mol. The predicted octanol–water partition coefficient (Wildman–Crippen LogP) is 10.8. The van der Waals surface area contributed by atoms with E-state index in [9.17, 15) is 4.79 Å². The van der Waals surface area contributed by atoms with E-state index in [4.69, 9.17) is 8.85 Å². The number of hydrogen-bond donors (Lipinski definition) is 0. The lowest BCUT2D eigenvalue weighted by Crippen LogP contribution is -2.49.